The Labute approximate surface area is 102 Å². The van der Waals surface area contributed by atoms with Crippen LogP contribution in [0.25, 0.3) is 0 Å². The highest BCUT2D eigenvalue weighted by Gasteiger charge is 2.52. The normalized spacial score (nSPS) is 30.4. The van der Waals surface area contributed by atoms with E-state index in [1.165, 1.54) is 0 Å². The summed E-state index contributed by atoms with van der Waals surface area (Å²) in [6.45, 7) is 3.83. The lowest BCUT2D eigenvalue weighted by Gasteiger charge is -2.46. The molecule has 0 aromatic carbocycles. The molecule has 92 valence electrons. The molecule has 0 aromatic rings. The van der Waals surface area contributed by atoms with Crippen molar-refractivity contribution in [2.75, 3.05) is 13.7 Å². The molecule has 0 radical (unpaired) electrons. The Bertz CT molecular complexity index is 300. The van der Waals surface area contributed by atoms with Gasteiger partial charge in [0.2, 0.25) is 5.91 Å². The van der Waals surface area contributed by atoms with Crippen LogP contribution in [0.2, 0.25) is 0 Å². The van der Waals surface area contributed by atoms with Gasteiger partial charge in [-0.25, -0.2) is 0 Å². The van der Waals surface area contributed by atoms with E-state index < -0.39 is 5.41 Å². The van der Waals surface area contributed by atoms with Gasteiger partial charge in [0.05, 0.1) is 23.1 Å². The maximum atomic E-state index is 12.3. The Morgan fingerprint density at radius 3 is 2.50 bits per heavy atom. The summed E-state index contributed by atoms with van der Waals surface area (Å²) in [7, 11) is 1.69. The quantitative estimate of drug-likeness (QED) is 0.708. The molecule has 1 unspecified atom stereocenters. The third kappa shape index (κ3) is 2.06. The van der Waals surface area contributed by atoms with Gasteiger partial charge in [0.25, 0.3) is 0 Å². The van der Waals surface area contributed by atoms with E-state index in [9.17, 15) is 4.79 Å². The lowest BCUT2D eigenvalue weighted by atomic mass is 9.61. The molecule has 0 bridgehead atoms. The van der Waals surface area contributed by atoms with Gasteiger partial charge in [-0.05, 0) is 25.7 Å². The zero-order chi connectivity index (χ0) is 12.5. The number of aliphatic hydroxyl groups excluding tert-OH is 1. The minimum atomic E-state index is -0.660. The monoisotopic (exact) mass is 244 g/mol. The Balaban J connectivity index is 2.82. The number of thiocarbonyl (C=S) groups is 1. The lowest BCUT2D eigenvalue weighted by molar-refractivity contribution is -0.145. The molecule has 4 nitrogen and oxygen atoms in total. The predicted molar refractivity (Wildman–Crippen MR) is 66.9 cm³/mol. The fraction of sp³-hybridized carbons (Fsp3) is 0.818. The van der Waals surface area contributed by atoms with E-state index in [1.54, 1.807) is 18.9 Å². The Morgan fingerprint density at radius 2 is 2.19 bits per heavy atom. The van der Waals surface area contributed by atoms with Crippen LogP contribution in [0.3, 0.4) is 0 Å². The predicted octanol–water partition coefficient (Wildman–Crippen LogP) is 0.528. The van der Waals surface area contributed by atoms with Crippen LogP contribution in [0.1, 0.15) is 26.7 Å². The molecule has 0 saturated heterocycles. The standard InChI is InChI=1S/C11H20N2O2S/c1-7-4-11(5-7,9(12)16)10(15)13(3)8(2)6-14/h7-8,14H,4-6H2,1-3H3,(H2,12,16). The van der Waals surface area contributed by atoms with Gasteiger partial charge < -0.3 is 15.7 Å². The molecule has 1 fully saturated rings. The molecule has 16 heavy (non-hydrogen) atoms. The van der Waals surface area contributed by atoms with Crippen molar-refractivity contribution in [3.8, 4) is 0 Å². The van der Waals surface area contributed by atoms with Gasteiger partial charge in [0.1, 0.15) is 0 Å². The van der Waals surface area contributed by atoms with Gasteiger partial charge in [-0.2, -0.15) is 0 Å². The molecule has 0 aromatic heterocycles. The molecular weight excluding hydrogens is 224 g/mol. The van der Waals surface area contributed by atoms with Crippen LogP contribution in [0, 0.1) is 11.3 Å². The summed E-state index contributed by atoms with van der Waals surface area (Å²) in [6, 6.07) is -0.199. The molecule has 1 rings (SSSR count). The smallest absolute Gasteiger partial charge is 0.235 e. The molecule has 0 heterocycles. The van der Waals surface area contributed by atoms with Crippen LogP contribution in [-0.4, -0.2) is 40.6 Å². The maximum absolute atomic E-state index is 12.3. The van der Waals surface area contributed by atoms with Crippen molar-refractivity contribution >= 4 is 23.1 Å². The van der Waals surface area contributed by atoms with Crippen LogP contribution >= 0.6 is 12.2 Å². The second kappa shape index (κ2) is 4.67. The van der Waals surface area contributed by atoms with Crippen molar-refractivity contribution in [2.45, 2.75) is 32.7 Å². The third-order valence-electron chi connectivity index (χ3n) is 3.52. The molecular formula is C11H20N2O2S. The van der Waals surface area contributed by atoms with E-state index in [0.29, 0.717) is 5.92 Å². The number of carbonyl (C=O) groups is 1. The van der Waals surface area contributed by atoms with E-state index in [1.807, 2.05) is 0 Å². The SMILES string of the molecule is CC1CC(C(=O)N(C)C(C)CO)(C(N)=S)C1. The van der Waals surface area contributed by atoms with Gasteiger partial charge >= 0.3 is 0 Å². The van der Waals surface area contributed by atoms with Crippen molar-refractivity contribution in [3.05, 3.63) is 0 Å². The molecule has 1 amide bonds. The summed E-state index contributed by atoms with van der Waals surface area (Å²) in [5.41, 5.74) is 5.04. The largest absolute Gasteiger partial charge is 0.394 e. The molecule has 1 aliphatic rings. The van der Waals surface area contributed by atoms with Gasteiger partial charge in [0.15, 0.2) is 0 Å². The van der Waals surface area contributed by atoms with Gasteiger partial charge in [-0.1, -0.05) is 19.1 Å². The summed E-state index contributed by atoms with van der Waals surface area (Å²) in [5.74, 6) is 0.433. The highest BCUT2D eigenvalue weighted by atomic mass is 32.1. The molecule has 1 aliphatic carbocycles. The first-order valence-corrected chi connectivity index (χ1v) is 5.94. The molecule has 0 aliphatic heterocycles. The topological polar surface area (TPSA) is 66.6 Å². The minimum Gasteiger partial charge on any atom is -0.394 e. The van der Waals surface area contributed by atoms with Gasteiger partial charge in [-0.3, -0.25) is 4.79 Å². The number of nitrogens with two attached hydrogens (primary N) is 1. The zero-order valence-corrected chi connectivity index (χ0v) is 10.9. The fourth-order valence-corrected chi connectivity index (χ4v) is 2.53. The van der Waals surface area contributed by atoms with E-state index in [2.05, 4.69) is 6.92 Å². The van der Waals surface area contributed by atoms with Crippen LogP contribution in [0.4, 0.5) is 0 Å². The first-order valence-electron chi connectivity index (χ1n) is 5.53. The number of likely N-dealkylation sites (N-methyl/N-ethyl adjacent to an activating group) is 1. The maximum Gasteiger partial charge on any atom is 0.235 e. The molecule has 1 saturated carbocycles. The van der Waals surface area contributed by atoms with E-state index in [-0.39, 0.29) is 23.5 Å². The lowest BCUT2D eigenvalue weighted by Crippen LogP contribution is -2.58. The molecule has 1 atom stereocenters. The van der Waals surface area contributed by atoms with Crippen molar-refractivity contribution in [1.29, 1.82) is 0 Å². The Morgan fingerprint density at radius 1 is 1.69 bits per heavy atom. The van der Waals surface area contributed by atoms with E-state index >= 15 is 0 Å². The summed E-state index contributed by atoms with van der Waals surface area (Å²) in [6.07, 6.45) is 1.45. The zero-order valence-electron chi connectivity index (χ0n) is 10.1. The van der Waals surface area contributed by atoms with E-state index in [4.69, 9.17) is 23.1 Å². The highest BCUT2D eigenvalue weighted by molar-refractivity contribution is 7.80. The van der Waals surface area contributed by atoms with Crippen LogP contribution in [0.5, 0.6) is 0 Å². The van der Waals surface area contributed by atoms with Crippen molar-refractivity contribution < 1.29 is 9.90 Å². The van der Waals surface area contributed by atoms with Crippen molar-refractivity contribution in [1.82, 2.24) is 4.90 Å². The highest BCUT2D eigenvalue weighted by Crippen LogP contribution is 2.47. The molecule has 5 heteroatoms. The van der Waals surface area contributed by atoms with Crippen molar-refractivity contribution in [3.63, 3.8) is 0 Å². The number of hydrogen-bond acceptors (Lipinski definition) is 3. The number of aliphatic hydroxyl groups is 1. The number of carbonyl (C=O) groups excluding carboxylic acids is 1. The van der Waals surface area contributed by atoms with E-state index in [0.717, 1.165) is 12.8 Å². The fourth-order valence-electron chi connectivity index (χ4n) is 2.27. The second-order valence-electron chi connectivity index (χ2n) is 4.91. The average molecular weight is 244 g/mol. The van der Waals surface area contributed by atoms with Crippen LogP contribution in [0.15, 0.2) is 0 Å². The van der Waals surface area contributed by atoms with Crippen LogP contribution < -0.4 is 5.73 Å². The van der Waals surface area contributed by atoms with Gasteiger partial charge in [0, 0.05) is 7.05 Å². The van der Waals surface area contributed by atoms with Crippen molar-refractivity contribution in [2.24, 2.45) is 17.1 Å². The average Bonchev–Trinajstić information content (AvgIpc) is 2.20. The first kappa shape index (κ1) is 13.4. The molecule has 0 spiro atoms. The number of hydrogen-bond donors (Lipinski definition) is 2. The number of nitrogens with zero attached hydrogens (tertiary/aromatic N) is 1. The number of rotatable bonds is 4. The Kier molecular flexibility index (Phi) is 3.91. The second-order valence-corrected chi connectivity index (χ2v) is 5.35. The Hall–Kier alpha value is -0.680. The van der Waals surface area contributed by atoms with Gasteiger partial charge in [-0.15, -0.1) is 0 Å². The number of amides is 1. The third-order valence-corrected chi connectivity index (χ3v) is 3.91. The summed E-state index contributed by atoms with van der Waals surface area (Å²) in [4.78, 5) is 14.1. The summed E-state index contributed by atoms with van der Waals surface area (Å²) >= 11 is 5.02. The first-order chi connectivity index (χ1) is 7.35. The molecule has 3 N–H and O–H groups in total. The minimum absolute atomic E-state index is 0.0504. The summed E-state index contributed by atoms with van der Waals surface area (Å²) < 4.78 is 0. The summed E-state index contributed by atoms with van der Waals surface area (Å²) in [5, 5.41) is 9.04. The van der Waals surface area contributed by atoms with Crippen LogP contribution in [-0.2, 0) is 4.79 Å².